The van der Waals surface area contributed by atoms with Gasteiger partial charge in [0.2, 0.25) is 5.43 Å². The number of hydrogen-bond donors (Lipinski definition) is 2. The maximum absolute atomic E-state index is 15.3. The molecule has 3 aliphatic rings. The first-order chi connectivity index (χ1) is 14.4. The predicted molar refractivity (Wildman–Crippen MR) is 110 cm³/mol. The molecule has 1 aromatic carbocycles. The molecule has 1 spiro atoms. The predicted octanol–water partition coefficient (Wildman–Crippen LogP) is 2.24. The van der Waals surface area contributed by atoms with Gasteiger partial charge in [-0.05, 0) is 18.9 Å². The Morgan fingerprint density at radius 2 is 2.17 bits per heavy atom. The van der Waals surface area contributed by atoms with E-state index in [1.54, 1.807) is 4.57 Å². The molecule has 2 aliphatic heterocycles. The van der Waals surface area contributed by atoms with Crippen molar-refractivity contribution in [3.05, 3.63) is 38.9 Å². The molecule has 0 unspecified atom stereocenters. The first-order valence-electron chi connectivity index (χ1n) is 9.72. The van der Waals surface area contributed by atoms with E-state index in [9.17, 15) is 14.7 Å². The van der Waals surface area contributed by atoms with Crippen molar-refractivity contribution in [2.75, 3.05) is 38.2 Å². The highest BCUT2D eigenvalue weighted by Gasteiger charge is 2.50. The first kappa shape index (κ1) is 19.3. The van der Waals surface area contributed by atoms with Crippen LogP contribution in [0.1, 0.15) is 29.2 Å². The number of rotatable bonds is 4. The number of aromatic carboxylic acids is 1. The third-order valence-electron chi connectivity index (χ3n) is 6.25. The van der Waals surface area contributed by atoms with Gasteiger partial charge in [0.15, 0.2) is 0 Å². The minimum atomic E-state index is -1.34. The molecule has 1 saturated carbocycles. The highest BCUT2D eigenvalue weighted by molar-refractivity contribution is 6.38. The second-order valence-electron chi connectivity index (χ2n) is 8.19. The summed E-state index contributed by atoms with van der Waals surface area (Å²) >= 11 is 6.71. The molecule has 1 aromatic heterocycles. The van der Waals surface area contributed by atoms with E-state index >= 15 is 4.39 Å². The van der Waals surface area contributed by atoms with E-state index in [1.807, 2.05) is 4.90 Å². The third-order valence-corrected chi connectivity index (χ3v) is 6.60. The molecule has 30 heavy (non-hydrogen) atoms. The molecular formula is C20H20ClFN4O4. The Morgan fingerprint density at radius 3 is 2.73 bits per heavy atom. The first-order valence-corrected chi connectivity index (χ1v) is 10.1. The van der Waals surface area contributed by atoms with E-state index in [1.165, 1.54) is 13.3 Å². The molecule has 158 valence electrons. The van der Waals surface area contributed by atoms with Gasteiger partial charge in [-0.3, -0.25) is 4.79 Å². The maximum atomic E-state index is 15.3. The summed E-state index contributed by atoms with van der Waals surface area (Å²) in [5.74, 6) is -1.99. The summed E-state index contributed by atoms with van der Waals surface area (Å²) in [5.41, 5.74) is 0.0545. The summed E-state index contributed by atoms with van der Waals surface area (Å²) in [7, 11) is 1.48. The Bertz CT molecular complexity index is 1170. The Kier molecular flexibility index (Phi) is 4.30. The highest BCUT2D eigenvalue weighted by Crippen LogP contribution is 2.44. The Labute approximate surface area is 175 Å². The van der Waals surface area contributed by atoms with Crippen LogP contribution in [0.4, 0.5) is 10.1 Å². The Morgan fingerprint density at radius 1 is 1.43 bits per heavy atom. The fraction of sp³-hybridized carbons (Fsp3) is 0.450. The maximum Gasteiger partial charge on any atom is 0.341 e. The number of anilines is 1. The van der Waals surface area contributed by atoms with Gasteiger partial charge in [-0.25, -0.2) is 9.18 Å². The Balaban J connectivity index is 1.70. The van der Waals surface area contributed by atoms with Gasteiger partial charge in [-0.1, -0.05) is 16.8 Å². The number of nitrogens with one attached hydrogen (secondary N) is 1. The molecule has 3 fully saturated rings. The smallest absolute Gasteiger partial charge is 0.341 e. The quantitative estimate of drug-likeness (QED) is 0.716. The van der Waals surface area contributed by atoms with Crippen LogP contribution in [0.3, 0.4) is 0 Å². The molecule has 10 heteroatoms. The Hall–Kier alpha value is -2.65. The number of carboxylic acid groups (broad SMARTS) is 1. The van der Waals surface area contributed by atoms with Crippen LogP contribution in [0.5, 0.6) is 0 Å². The second-order valence-corrected chi connectivity index (χ2v) is 8.57. The molecule has 0 amide bonds. The van der Waals surface area contributed by atoms with Crippen molar-refractivity contribution in [3.63, 3.8) is 0 Å². The van der Waals surface area contributed by atoms with Gasteiger partial charge in [-0.15, -0.1) is 0 Å². The largest absolute Gasteiger partial charge is 0.477 e. The lowest BCUT2D eigenvalue weighted by Gasteiger charge is -2.39. The SMILES string of the molecule is CO/N=C1\CN(c2c(F)cc3c(=O)c(C(=O)O)cn(C4CC4)c3c2Cl)CC12CNC2. The highest BCUT2D eigenvalue weighted by atomic mass is 35.5. The van der Waals surface area contributed by atoms with Gasteiger partial charge in [0.25, 0.3) is 0 Å². The zero-order chi connectivity index (χ0) is 21.2. The lowest BCUT2D eigenvalue weighted by Crippen LogP contribution is -2.58. The number of carboxylic acids is 1. The van der Waals surface area contributed by atoms with Gasteiger partial charge in [0, 0.05) is 31.9 Å². The van der Waals surface area contributed by atoms with Crippen molar-refractivity contribution >= 4 is 39.9 Å². The number of oxime groups is 1. The van der Waals surface area contributed by atoms with Crippen LogP contribution in [-0.2, 0) is 4.84 Å². The van der Waals surface area contributed by atoms with Crippen molar-refractivity contribution < 1.29 is 19.1 Å². The van der Waals surface area contributed by atoms with Gasteiger partial charge in [0.1, 0.15) is 18.5 Å². The minimum absolute atomic E-state index is 0.0157. The normalized spacial score (nSPS) is 21.4. The summed E-state index contributed by atoms with van der Waals surface area (Å²) in [6, 6.07) is 1.16. The zero-order valence-corrected chi connectivity index (χ0v) is 17.0. The van der Waals surface area contributed by atoms with E-state index in [0.29, 0.717) is 31.7 Å². The molecule has 2 saturated heterocycles. The van der Waals surface area contributed by atoms with Crippen molar-refractivity contribution in [3.8, 4) is 0 Å². The average molecular weight is 435 g/mol. The van der Waals surface area contributed by atoms with Gasteiger partial charge >= 0.3 is 5.97 Å². The number of halogens is 2. The molecule has 1 aliphatic carbocycles. The number of nitrogens with zero attached hydrogens (tertiary/aromatic N) is 3. The standard InChI is InChI=1S/C20H20ClFN4O4/c1-30-24-14-6-25(9-20(14)7-23-8-20)17-13(22)4-11-16(15(17)21)26(10-2-3-10)5-12(18(11)27)19(28)29/h4-5,10,23H,2-3,6-9H2,1H3,(H,28,29)/b24-14+. The molecule has 0 radical (unpaired) electrons. The second kappa shape index (κ2) is 6.68. The summed E-state index contributed by atoms with van der Waals surface area (Å²) < 4.78 is 17.0. The molecule has 0 atom stereocenters. The van der Waals surface area contributed by atoms with Crippen LogP contribution in [0, 0.1) is 11.2 Å². The molecule has 8 nitrogen and oxygen atoms in total. The molecule has 3 heterocycles. The topological polar surface area (TPSA) is 96.2 Å². The zero-order valence-electron chi connectivity index (χ0n) is 16.2. The molecule has 2 aromatic rings. The fourth-order valence-corrected chi connectivity index (χ4v) is 4.92. The van der Waals surface area contributed by atoms with E-state index < -0.39 is 17.2 Å². The van der Waals surface area contributed by atoms with Crippen LogP contribution in [0.25, 0.3) is 10.9 Å². The van der Waals surface area contributed by atoms with E-state index in [0.717, 1.165) is 24.6 Å². The van der Waals surface area contributed by atoms with Crippen LogP contribution in [-0.4, -0.2) is 54.6 Å². The molecule has 2 N–H and O–H groups in total. The summed E-state index contributed by atoms with van der Waals surface area (Å²) in [5, 5.41) is 16.9. The molecule has 5 rings (SSSR count). The van der Waals surface area contributed by atoms with Crippen molar-refractivity contribution in [1.82, 2.24) is 9.88 Å². The minimum Gasteiger partial charge on any atom is -0.477 e. The van der Waals surface area contributed by atoms with Crippen molar-refractivity contribution in [2.45, 2.75) is 18.9 Å². The number of aromatic nitrogens is 1. The van der Waals surface area contributed by atoms with E-state index in [4.69, 9.17) is 16.4 Å². The van der Waals surface area contributed by atoms with Crippen LogP contribution < -0.4 is 15.6 Å². The molecule has 0 bridgehead atoms. The average Bonchev–Trinajstić information content (AvgIpc) is 3.43. The summed E-state index contributed by atoms with van der Waals surface area (Å²) in [6.07, 6.45) is 3.03. The number of hydrogen-bond acceptors (Lipinski definition) is 6. The monoisotopic (exact) mass is 434 g/mol. The lowest BCUT2D eigenvalue weighted by atomic mass is 9.79. The van der Waals surface area contributed by atoms with E-state index in [-0.39, 0.29) is 33.1 Å². The van der Waals surface area contributed by atoms with Gasteiger partial charge in [-0.2, -0.15) is 0 Å². The fourth-order valence-electron chi connectivity index (χ4n) is 4.51. The lowest BCUT2D eigenvalue weighted by molar-refractivity contribution is 0.0695. The number of benzene rings is 1. The van der Waals surface area contributed by atoms with Crippen LogP contribution in [0.2, 0.25) is 5.02 Å². The number of carbonyl (C=O) groups is 1. The van der Waals surface area contributed by atoms with Gasteiger partial charge in [0.05, 0.1) is 39.3 Å². The van der Waals surface area contributed by atoms with E-state index in [2.05, 4.69) is 10.5 Å². The third kappa shape index (κ3) is 2.72. The van der Waals surface area contributed by atoms with Crippen molar-refractivity contribution in [2.24, 2.45) is 10.6 Å². The van der Waals surface area contributed by atoms with Crippen LogP contribution >= 0.6 is 11.6 Å². The number of pyridine rings is 1. The van der Waals surface area contributed by atoms with Crippen molar-refractivity contribution in [1.29, 1.82) is 0 Å². The summed E-state index contributed by atoms with van der Waals surface area (Å²) in [4.78, 5) is 31.1. The van der Waals surface area contributed by atoms with Crippen LogP contribution in [0.15, 0.2) is 22.2 Å². The summed E-state index contributed by atoms with van der Waals surface area (Å²) in [6.45, 7) is 2.31. The molecular weight excluding hydrogens is 415 g/mol. The number of fused-ring (bicyclic) bond motifs is 1. The van der Waals surface area contributed by atoms with Gasteiger partial charge < -0.3 is 24.7 Å².